The monoisotopic (exact) mass is 385 g/mol. The van der Waals surface area contributed by atoms with Crippen molar-refractivity contribution in [3.05, 3.63) is 63.8 Å². The van der Waals surface area contributed by atoms with Crippen molar-refractivity contribution >= 4 is 35.5 Å². The Morgan fingerprint density at radius 3 is 2.67 bits per heavy atom. The molecule has 6 nitrogen and oxygen atoms in total. The summed E-state index contributed by atoms with van der Waals surface area (Å²) in [6.45, 7) is 3.17. The Bertz CT molecular complexity index is 994. The minimum atomic E-state index is -0.563. The zero-order valence-corrected chi connectivity index (χ0v) is 15.7. The lowest BCUT2D eigenvalue weighted by molar-refractivity contribution is -0.132. The van der Waals surface area contributed by atoms with Crippen LogP contribution in [0.25, 0.3) is 6.08 Å². The highest BCUT2D eigenvalue weighted by molar-refractivity contribution is 6.32. The van der Waals surface area contributed by atoms with Crippen LogP contribution in [0.4, 0.5) is 0 Å². The Morgan fingerprint density at radius 1 is 1.26 bits per heavy atom. The number of esters is 2. The van der Waals surface area contributed by atoms with Crippen LogP contribution in [0.5, 0.6) is 11.5 Å². The molecule has 7 heteroatoms. The van der Waals surface area contributed by atoms with Crippen molar-refractivity contribution in [3.8, 4) is 11.5 Å². The van der Waals surface area contributed by atoms with Gasteiger partial charge in [0, 0.05) is 12.5 Å². The lowest BCUT2D eigenvalue weighted by Gasteiger charge is -2.10. The number of methoxy groups -OCH3 is 1. The third-order valence-corrected chi connectivity index (χ3v) is 4.08. The van der Waals surface area contributed by atoms with Gasteiger partial charge in [0.2, 0.25) is 5.90 Å². The van der Waals surface area contributed by atoms with E-state index in [1.54, 1.807) is 12.1 Å². The first kappa shape index (κ1) is 18.7. The van der Waals surface area contributed by atoms with Gasteiger partial charge in [0.15, 0.2) is 17.2 Å². The highest BCUT2D eigenvalue weighted by atomic mass is 35.5. The highest BCUT2D eigenvalue weighted by Gasteiger charge is 2.25. The second kappa shape index (κ2) is 7.63. The summed E-state index contributed by atoms with van der Waals surface area (Å²) in [6, 6.07) is 10.6. The lowest BCUT2D eigenvalue weighted by Crippen LogP contribution is -2.06. The number of aliphatic imine (C=N–C) groups is 1. The van der Waals surface area contributed by atoms with Crippen LogP contribution in [-0.4, -0.2) is 24.9 Å². The second-order valence-corrected chi connectivity index (χ2v) is 6.19. The van der Waals surface area contributed by atoms with Gasteiger partial charge in [-0.15, -0.1) is 0 Å². The molecule has 0 N–H and O–H groups in total. The van der Waals surface area contributed by atoms with Gasteiger partial charge in [0.1, 0.15) is 0 Å². The molecule has 0 fully saturated rings. The fourth-order valence-electron chi connectivity index (χ4n) is 2.56. The third-order valence-electron chi connectivity index (χ3n) is 3.80. The van der Waals surface area contributed by atoms with Crippen molar-refractivity contribution in [3.63, 3.8) is 0 Å². The molecule has 0 bridgehead atoms. The van der Waals surface area contributed by atoms with Gasteiger partial charge in [-0.05, 0) is 42.3 Å². The number of carbonyl (C=O) groups is 2. The van der Waals surface area contributed by atoms with Gasteiger partial charge in [0.25, 0.3) is 0 Å². The molecule has 1 aliphatic rings. The van der Waals surface area contributed by atoms with Crippen molar-refractivity contribution in [2.24, 2.45) is 4.99 Å². The molecule has 1 aliphatic heterocycles. The number of halogens is 1. The first-order valence-electron chi connectivity index (χ1n) is 8.03. The van der Waals surface area contributed by atoms with Gasteiger partial charge in [0.05, 0.1) is 12.1 Å². The molecule has 2 aromatic rings. The number of aryl methyl sites for hydroxylation is 1. The van der Waals surface area contributed by atoms with Crippen molar-refractivity contribution in [2.45, 2.75) is 13.8 Å². The van der Waals surface area contributed by atoms with Gasteiger partial charge in [-0.1, -0.05) is 29.8 Å². The summed E-state index contributed by atoms with van der Waals surface area (Å²) in [6.07, 6.45) is 1.53. The molecular formula is C20H16ClNO5. The van der Waals surface area contributed by atoms with Crippen LogP contribution in [0.1, 0.15) is 23.6 Å². The van der Waals surface area contributed by atoms with Crippen LogP contribution in [0.15, 0.2) is 47.1 Å². The van der Waals surface area contributed by atoms with E-state index in [1.165, 1.54) is 20.1 Å². The summed E-state index contributed by atoms with van der Waals surface area (Å²) in [4.78, 5) is 27.7. The first-order chi connectivity index (χ1) is 12.9. The Morgan fingerprint density at radius 2 is 2.00 bits per heavy atom. The predicted molar refractivity (Wildman–Crippen MR) is 101 cm³/mol. The zero-order chi connectivity index (χ0) is 19.6. The van der Waals surface area contributed by atoms with Crippen LogP contribution >= 0.6 is 11.6 Å². The maximum Gasteiger partial charge on any atom is 0.363 e. The summed E-state index contributed by atoms with van der Waals surface area (Å²) < 4.78 is 15.6. The molecule has 0 unspecified atom stereocenters. The topological polar surface area (TPSA) is 74.2 Å². The number of cyclic esters (lactones) is 1. The van der Waals surface area contributed by atoms with E-state index in [4.69, 9.17) is 25.8 Å². The average molecular weight is 386 g/mol. The van der Waals surface area contributed by atoms with E-state index in [1.807, 2.05) is 31.2 Å². The second-order valence-electron chi connectivity index (χ2n) is 5.78. The Balaban J connectivity index is 1.99. The Hall–Kier alpha value is -3.12. The number of hydrogen-bond acceptors (Lipinski definition) is 6. The summed E-state index contributed by atoms with van der Waals surface area (Å²) >= 11 is 6.19. The van der Waals surface area contributed by atoms with Gasteiger partial charge >= 0.3 is 11.9 Å². The standard InChI is InChI=1S/C20H16ClNO5/c1-11-6-4-5-7-14(11)19-22-16(20(24)27-19)9-13-8-15(21)18(26-12(2)23)17(10-13)25-3/h4-10H,1-3H3. The number of benzene rings is 2. The van der Waals surface area contributed by atoms with Crippen molar-refractivity contribution in [1.82, 2.24) is 0 Å². The maximum absolute atomic E-state index is 12.2. The molecule has 0 saturated heterocycles. The molecular weight excluding hydrogens is 370 g/mol. The fraction of sp³-hybridized carbons (Fsp3) is 0.150. The average Bonchev–Trinajstić information content (AvgIpc) is 2.97. The molecule has 0 aliphatic carbocycles. The van der Waals surface area contributed by atoms with Crippen molar-refractivity contribution in [2.75, 3.05) is 7.11 Å². The van der Waals surface area contributed by atoms with Crippen LogP contribution in [0.3, 0.4) is 0 Å². The Labute approximate surface area is 161 Å². The number of hydrogen-bond donors (Lipinski definition) is 0. The third kappa shape index (κ3) is 4.01. The summed E-state index contributed by atoms with van der Waals surface area (Å²) in [5, 5.41) is 0.172. The quantitative estimate of drug-likeness (QED) is 0.453. The van der Waals surface area contributed by atoms with Crippen LogP contribution in [-0.2, 0) is 14.3 Å². The minimum Gasteiger partial charge on any atom is -0.493 e. The maximum atomic E-state index is 12.2. The van der Waals surface area contributed by atoms with Gasteiger partial charge < -0.3 is 14.2 Å². The molecule has 138 valence electrons. The lowest BCUT2D eigenvalue weighted by atomic mass is 10.1. The summed E-state index contributed by atoms with van der Waals surface area (Å²) in [5.41, 5.74) is 2.37. The molecule has 3 rings (SSSR count). The number of carbonyl (C=O) groups excluding carboxylic acids is 2. The molecule has 0 atom stereocenters. The molecule has 0 saturated carbocycles. The van der Waals surface area contributed by atoms with E-state index < -0.39 is 11.9 Å². The van der Waals surface area contributed by atoms with Gasteiger partial charge in [-0.3, -0.25) is 4.79 Å². The number of nitrogens with zero attached hydrogens (tertiary/aromatic N) is 1. The van der Waals surface area contributed by atoms with Crippen LogP contribution in [0.2, 0.25) is 5.02 Å². The molecule has 0 aromatic heterocycles. The Kier molecular flexibility index (Phi) is 5.28. The molecule has 0 spiro atoms. The molecule has 0 radical (unpaired) electrons. The summed E-state index contributed by atoms with van der Waals surface area (Å²) in [5.74, 6) is -0.453. The van der Waals surface area contributed by atoms with E-state index in [-0.39, 0.29) is 28.1 Å². The molecule has 27 heavy (non-hydrogen) atoms. The van der Waals surface area contributed by atoms with E-state index in [0.29, 0.717) is 5.56 Å². The van der Waals surface area contributed by atoms with E-state index in [0.717, 1.165) is 11.1 Å². The number of rotatable bonds is 4. The fourth-order valence-corrected chi connectivity index (χ4v) is 2.82. The first-order valence-corrected chi connectivity index (χ1v) is 8.41. The molecule has 1 heterocycles. The molecule has 0 amide bonds. The SMILES string of the molecule is COc1cc(C=C2N=C(c3ccccc3C)OC2=O)cc(Cl)c1OC(C)=O. The van der Waals surface area contributed by atoms with E-state index in [9.17, 15) is 9.59 Å². The minimum absolute atomic E-state index is 0.118. The molecule has 2 aromatic carbocycles. The predicted octanol–water partition coefficient (Wildman–Crippen LogP) is 3.93. The smallest absolute Gasteiger partial charge is 0.363 e. The van der Waals surface area contributed by atoms with Crippen LogP contribution < -0.4 is 9.47 Å². The van der Waals surface area contributed by atoms with Gasteiger partial charge in [-0.2, -0.15) is 0 Å². The van der Waals surface area contributed by atoms with Crippen molar-refractivity contribution < 1.29 is 23.8 Å². The van der Waals surface area contributed by atoms with Gasteiger partial charge in [-0.25, -0.2) is 9.79 Å². The van der Waals surface area contributed by atoms with E-state index >= 15 is 0 Å². The highest BCUT2D eigenvalue weighted by Crippen LogP contribution is 2.37. The van der Waals surface area contributed by atoms with Crippen molar-refractivity contribution in [1.29, 1.82) is 0 Å². The summed E-state index contributed by atoms with van der Waals surface area (Å²) in [7, 11) is 1.42. The normalized spacial score (nSPS) is 14.7. The van der Waals surface area contributed by atoms with Crippen LogP contribution in [0, 0.1) is 6.92 Å². The largest absolute Gasteiger partial charge is 0.493 e. The number of ether oxygens (including phenoxy) is 3. The van der Waals surface area contributed by atoms with E-state index in [2.05, 4.69) is 4.99 Å². The zero-order valence-electron chi connectivity index (χ0n) is 14.9.